The molecular weight excluding hydrogens is 362 g/mol. The topological polar surface area (TPSA) is 93.8 Å². The molecule has 0 aliphatic heterocycles. The molecule has 3 aromatic heterocycles. The zero-order valence-corrected chi connectivity index (χ0v) is 15.5. The summed E-state index contributed by atoms with van der Waals surface area (Å²) in [6.07, 6.45) is 8.54. The molecule has 0 unspecified atom stereocenters. The maximum atomic E-state index is 12.2. The third-order valence-corrected chi connectivity index (χ3v) is 5.49. The van der Waals surface area contributed by atoms with Crippen LogP contribution in [0.4, 0.5) is 0 Å². The lowest BCUT2D eigenvalue weighted by Gasteiger charge is -2.20. The van der Waals surface area contributed by atoms with Gasteiger partial charge in [-0.15, -0.1) is 0 Å². The molecule has 0 radical (unpaired) electrons. The molecule has 0 aromatic carbocycles. The minimum atomic E-state index is -0.0586. The van der Waals surface area contributed by atoms with E-state index < -0.39 is 0 Å². The van der Waals surface area contributed by atoms with E-state index in [1.807, 2.05) is 24.3 Å². The molecular formula is C19H19N5O2S. The van der Waals surface area contributed by atoms with Gasteiger partial charge in [0.05, 0.1) is 11.3 Å². The van der Waals surface area contributed by atoms with Gasteiger partial charge in [-0.05, 0) is 42.7 Å². The number of carbonyl (C=O) groups excluding carboxylic acids is 1. The molecule has 1 fully saturated rings. The van der Waals surface area contributed by atoms with Crippen LogP contribution in [-0.2, 0) is 11.3 Å². The maximum Gasteiger partial charge on any atom is 0.230 e. The molecule has 3 aromatic rings. The predicted molar refractivity (Wildman–Crippen MR) is 101 cm³/mol. The minimum Gasteiger partial charge on any atom is -0.351 e. The van der Waals surface area contributed by atoms with E-state index in [0.29, 0.717) is 24.2 Å². The van der Waals surface area contributed by atoms with E-state index in [1.54, 1.807) is 18.6 Å². The van der Waals surface area contributed by atoms with E-state index in [9.17, 15) is 4.79 Å². The molecule has 8 heteroatoms. The van der Waals surface area contributed by atoms with Gasteiger partial charge in [-0.1, -0.05) is 23.3 Å². The summed E-state index contributed by atoms with van der Waals surface area (Å²) < 4.78 is 5.41. The van der Waals surface area contributed by atoms with Crippen LogP contribution in [0.3, 0.4) is 0 Å². The molecule has 1 aliphatic rings. The van der Waals surface area contributed by atoms with Gasteiger partial charge in [-0.25, -0.2) is 4.98 Å². The second-order valence-electron chi connectivity index (χ2n) is 6.36. The zero-order chi connectivity index (χ0) is 18.5. The van der Waals surface area contributed by atoms with Crippen molar-refractivity contribution in [3.8, 4) is 11.4 Å². The number of hydrogen-bond acceptors (Lipinski definition) is 7. The van der Waals surface area contributed by atoms with Crippen LogP contribution >= 0.6 is 11.8 Å². The van der Waals surface area contributed by atoms with Gasteiger partial charge in [0, 0.05) is 31.1 Å². The standard InChI is InChI=1S/C19H19N5O2S/c25-16(22-11-13-6-9-20-10-7-13)12-27-19-15(5-2-8-21-19)17-23-18(26-24-17)14-3-1-4-14/h2,5-10,14H,1,3-4,11-12H2,(H,22,25). The molecule has 0 saturated heterocycles. The van der Waals surface area contributed by atoms with Gasteiger partial charge < -0.3 is 9.84 Å². The Morgan fingerprint density at radius 2 is 2.07 bits per heavy atom. The van der Waals surface area contributed by atoms with E-state index in [2.05, 4.69) is 25.4 Å². The quantitative estimate of drug-likeness (QED) is 0.628. The lowest BCUT2D eigenvalue weighted by Crippen LogP contribution is -2.24. The summed E-state index contributed by atoms with van der Waals surface area (Å²) in [7, 11) is 0. The smallest absolute Gasteiger partial charge is 0.230 e. The number of nitrogens with one attached hydrogen (secondary N) is 1. The van der Waals surface area contributed by atoms with E-state index >= 15 is 0 Å². The lowest BCUT2D eigenvalue weighted by atomic mass is 9.85. The van der Waals surface area contributed by atoms with Gasteiger partial charge in [0.15, 0.2) is 0 Å². The highest BCUT2D eigenvalue weighted by molar-refractivity contribution is 8.00. The molecule has 1 aliphatic carbocycles. The Bertz CT molecular complexity index is 911. The number of hydrogen-bond donors (Lipinski definition) is 1. The van der Waals surface area contributed by atoms with Crippen LogP contribution in [0.25, 0.3) is 11.4 Å². The molecule has 3 heterocycles. The van der Waals surface area contributed by atoms with Crippen molar-refractivity contribution in [2.45, 2.75) is 36.8 Å². The minimum absolute atomic E-state index is 0.0586. The van der Waals surface area contributed by atoms with E-state index in [4.69, 9.17) is 4.52 Å². The average Bonchev–Trinajstić information content (AvgIpc) is 3.13. The summed E-state index contributed by atoms with van der Waals surface area (Å²) in [6.45, 7) is 0.479. The second-order valence-corrected chi connectivity index (χ2v) is 7.33. The van der Waals surface area contributed by atoms with Crippen molar-refractivity contribution in [1.29, 1.82) is 0 Å². The number of rotatable bonds is 7. The van der Waals surface area contributed by atoms with E-state index in [0.717, 1.165) is 29.0 Å². The third-order valence-electron chi connectivity index (χ3n) is 4.49. The Labute approximate surface area is 161 Å². The molecule has 0 spiro atoms. The van der Waals surface area contributed by atoms with Crippen molar-refractivity contribution in [3.05, 3.63) is 54.3 Å². The number of thioether (sulfide) groups is 1. The van der Waals surface area contributed by atoms with Crippen molar-refractivity contribution >= 4 is 17.7 Å². The SMILES string of the molecule is O=C(CSc1ncccc1-c1noc(C2CCC2)n1)NCc1ccncc1. The number of carbonyl (C=O) groups is 1. The first-order chi connectivity index (χ1) is 13.3. The monoisotopic (exact) mass is 381 g/mol. The number of amides is 1. The van der Waals surface area contributed by atoms with Crippen LogP contribution in [0.1, 0.15) is 36.6 Å². The maximum absolute atomic E-state index is 12.2. The van der Waals surface area contributed by atoms with Crippen LogP contribution in [-0.4, -0.2) is 31.8 Å². The van der Waals surface area contributed by atoms with Crippen molar-refractivity contribution in [1.82, 2.24) is 25.4 Å². The molecule has 138 valence electrons. The zero-order valence-electron chi connectivity index (χ0n) is 14.7. The number of nitrogens with zero attached hydrogens (tertiary/aromatic N) is 4. The lowest BCUT2D eigenvalue weighted by molar-refractivity contribution is -0.118. The first kappa shape index (κ1) is 17.7. The fraction of sp³-hybridized carbons (Fsp3) is 0.316. The van der Waals surface area contributed by atoms with Gasteiger partial charge in [-0.2, -0.15) is 4.98 Å². The van der Waals surface area contributed by atoms with Crippen LogP contribution in [0.5, 0.6) is 0 Å². The number of aromatic nitrogens is 4. The first-order valence-electron chi connectivity index (χ1n) is 8.87. The Hall–Kier alpha value is -2.74. The van der Waals surface area contributed by atoms with Crippen molar-refractivity contribution in [2.75, 3.05) is 5.75 Å². The Balaban J connectivity index is 1.38. The van der Waals surface area contributed by atoms with E-state index in [-0.39, 0.29) is 11.7 Å². The van der Waals surface area contributed by atoms with E-state index in [1.165, 1.54) is 18.2 Å². The van der Waals surface area contributed by atoms with Gasteiger partial charge in [0.25, 0.3) is 0 Å². The summed E-state index contributed by atoms with van der Waals surface area (Å²) >= 11 is 1.37. The summed E-state index contributed by atoms with van der Waals surface area (Å²) in [4.78, 5) is 25.0. The normalized spacial score (nSPS) is 13.9. The summed E-state index contributed by atoms with van der Waals surface area (Å²) in [5.41, 5.74) is 1.80. The Morgan fingerprint density at radius 1 is 1.22 bits per heavy atom. The molecule has 1 amide bonds. The Morgan fingerprint density at radius 3 is 2.85 bits per heavy atom. The highest BCUT2D eigenvalue weighted by Gasteiger charge is 2.26. The van der Waals surface area contributed by atoms with Gasteiger partial charge in [-0.3, -0.25) is 9.78 Å². The highest BCUT2D eigenvalue weighted by atomic mass is 32.2. The molecule has 0 atom stereocenters. The van der Waals surface area contributed by atoms with Gasteiger partial charge in [0.2, 0.25) is 17.6 Å². The fourth-order valence-electron chi connectivity index (χ4n) is 2.73. The fourth-order valence-corrected chi connectivity index (χ4v) is 3.55. The first-order valence-corrected chi connectivity index (χ1v) is 9.85. The van der Waals surface area contributed by atoms with Crippen molar-refractivity contribution in [3.63, 3.8) is 0 Å². The second kappa shape index (κ2) is 8.30. The molecule has 0 bridgehead atoms. The van der Waals surface area contributed by atoms with Crippen molar-refractivity contribution < 1.29 is 9.32 Å². The van der Waals surface area contributed by atoms with Crippen LogP contribution in [0.15, 0.2) is 52.4 Å². The molecule has 1 N–H and O–H groups in total. The molecule has 7 nitrogen and oxygen atoms in total. The summed E-state index contributed by atoms with van der Waals surface area (Å²) in [5, 5.41) is 7.72. The summed E-state index contributed by atoms with van der Waals surface area (Å²) in [6, 6.07) is 7.49. The summed E-state index contributed by atoms with van der Waals surface area (Å²) in [5.74, 6) is 1.83. The van der Waals surface area contributed by atoms with Crippen LogP contribution < -0.4 is 5.32 Å². The van der Waals surface area contributed by atoms with Gasteiger partial charge in [0.1, 0.15) is 5.03 Å². The van der Waals surface area contributed by atoms with Gasteiger partial charge >= 0.3 is 0 Å². The van der Waals surface area contributed by atoms with Crippen LogP contribution in [0, 0.1) is 0 Å². The predicted octanol–water partition coefficient (Wildman–Crippen LogP) is 3.20. The average molecular weight is 381 g/mol. The number of pyridine rings is 2. The molecule has 1 saturated carbocycles. The van der Waals surface area contributed by atoms with Crippen molar-refractivity contribution in [2.24, 2.45) is 0 Å². The van der Waals surface area contributed by atoms with Crippen LogP contribution in [0.2, 0.25) is 0 Å². The molecule has 27 heavy (non-hydrogen) atoms. The highest BCUT2D eigenvalue weighted by Crippen LogP contribution is 2.36. The Kier molecular flexibility index (Phi) is 5.43. The third kappa shape index (κ3) is 4.33. The molecule has 4 rings (SSSR count). The largest absolute Gasteiger partial charge is 0.351 e.